The van der Waals surface area contributed by atoms with Crippen LogP contribution in [0, 0.1) is 27.7 Å². The molecule has 0 saturated carbocycles. The molecule has 4 rings (SSSR count). The molecule has 0 saturated heterocycles. The van der Waals surface area contributed by atoms with Crippen molar-refractivity contribution in [2.75, 3.05) is 12.4 Å². The Morgan fingerprint density at radius 3 is 2.57 bits per heavy atom. The largest absolute Gasteiger partial charge is 0.474 e. The van der Waals surface area contributed by atoms with E-state index >= 15 is 0 Å². The number of benzene rings is 2. The number of rotatable bonds is 7. The fourth-order valence-electron chi connectivity index (χ4n) is 4.13. The molecule has 1 aliphatic rings. The van der Waals surface area contributed by atoms with Crippen molar-refractivity contribution < 1.29 is 4.74 Å². The molecule has 0 spiro atoms. The minimum absolute atomic E-state index is 0.223. The molecular weight excluding hydrogens is 388 g/mol. The van der Waals surface area contributed by atoms with Gasteiger partial charge >= 0.3 is 0 Å². The first kappa shape index (κ1) is 20.8. The number of thioether (sulfide) groups is 1. The fourth-order valence-corrected chi connectivity index (χ4v) is 5.11. The molecule has 1 aliphatic heterocycles. The Morgan fingerprint density at radius 1 is 1.00 bits per heavy atom. The highest BCUT2D eigenvalue weighted by Crippen LogP contribution is 2.22. The van der Waals surface area contributed by atoms with Crippen molar-refractivity contribution >= 4 is 17.7 Å². The van der Waals surface area contributed by atoms with Gasteiger partial charge < -0.3 is 9.30 Å². The molecule has 0 amide bonds. The molecule has 1 atom stereocenters. The van der Waals surface area contributed by atoms with Crippen LogP contribution >= 0.6 is 11.8 Å². The summed E-state index contributed by atoms with van der Waals surface area (Å²) in [7, 11) is 0. The molecule has 3 aromatic rings. The van der Waals surface area contributed by atoms with Crippen LogP contribution in [-0.2, 0) is 17.0 Å². The molecule has 4 heteroatoms. The summed E-state index contributed by atoms with van der Waals surface area (Å²) in [4.78, 5) is 4.89. The highest BCUT2D eigenvalue weighted by atomic mass is 32.2. The monoisotopic (exact) mass is 418 g/mol. The van der Waals surface area contributed by atoms with E-state index in [0.29, 0.717) is 6.61 Å². The summed E-state index contributed by atoms with van der Waals surface area (Å²) in [5.41, 5.74) is 9.13. The lowest BCUT2D eigenvalue weighted by Crippen LogP contribution is -2.12. The number of nitrogens with zero attached hydrogens (tertiary/aromatic N) is 2. The summed E-state index contributed by atoms with van der Waals surface area (Å²) >= 11 is 1.93. The standard InChI is InChI=1S/C26H30N2OS/c1-18-7-5-8-22(13-18)16-30-17-23-15-29-26(27-23)25-9-6-10-28(25)14-24-20(3)11-19(2)12-21(24)4/h5-13,23H,14-17H2,1-4H3/t23-/m1/s1. The minimum Gasteiger partial charge on any atom is -0.474 e. The van der Waals surface area contributed by atoms with Crippen LogP contribution < -0.4 is 0 Å². The predicted molar refractivity (Wildman–Crippen MR) is 128 cm³/mol. The van der Waals surface area contributed by atoms with Crippen LogP contribution in [-0.4, -0.2) is 28.9 Å². The van der Waals surface area contributed by atoms with Gasteiger partial charge in [-0.2, -0.15) is 11.8 Å². The predicted octanol–water partition coefficient (Wildman–Crippen LogP) is 5.85. The molecule has 2 heterocycles. The lowest BCUT2D eigenvalue weighted by Gasteiger charge is -2.14. The van der Waals surface area contributed by atoms with Gasteiger partial charge in [0.05, 0.1) is 6.04 Å². The first-order chi connectivity index (χ1) is 14.5. The van der Waals surface area contributed by atoms with Gasteiger partial charge in [-0.25, -0.2) is 4.99 Å². The molecule has 3 nitrogen and oxygen atoms in total. The third kappa shape index (κ3) is 4.81. The van der Waals surface area contributed by atoms with Gasteiger partial charge in [0.1, 0.15) is 12.3 Å². The number of hydrogen-bond donors (Lipinski definition) is 0. The smallest absolute Gasteiger partial charge is 0.233 e. The van der Waals surface area contributed by atoms with Crippen molar-refractivity contribution in [2.24, 2.45) is 4.99 Å². The zero-order valence-electron chi connectivity index (χ0n) is 18.3. The third-order valence-electron chi connectivity index (χ3n) is 5.59. The minimum atomic E-state index is 0.223. The van der Waals surface area contributed by atoms with Gasteiger partial charge in [0.15, 0.2) is 0 Å². The van der Waals surface area contributed by atoms with Gasteiger partial charge in [0.2, 0.25) is 5.90 Å². The molecule has 156 valence electrons. The Bertz CT molecular complexity index is 1040. The van der Waals surface area contributed by atoms with E-state index in [1.807, 2.05) is 11.8 Å². The van der Waals surface area contributed by atoms with E-state index in [-0.39, 0.29) is 6.04 Å². The van der Waals surface area contributed by atoms with Crippen molar-refractivity contribution in [1.82, 2.24) is 4.57 Å². The van der Waals surface area contributed by atoms with Crippen LogP contribution in [0.5, 0.6) is 0 Å². The van der Waals surface area contributed by atoms with Crippen molar-refractivity contribution in [1.29, 1.82) is 0 Å². The molecule has 0 bridgehead atoms. The van der Waals surface area contributed by atoms with E-state index in [2.05, 4.69) is 87.0 Å². The van der Waals surface area contributed by atoms with Crippen LogP contribution in [0.4, 0.5) is 0 Å². The maximum atomic E-state index is 6.01. The van der Waals surface area contributed by atoms with Crippen molar-refractivity contribution in [3.05, 3.63) is 93.8 Å². The van der Waals surface area contributed by atoms with Gasteiger partial charge in [0.25, 0.3) is 0 Å². The Labute approximate surface area is 184 Å². The van der Waals surface area contributed by atoms with Gasteiger partial charge in [0, 0.05) is 24.2 Å². The second-order valence-corrected chi connectivity index (χ2v) is 9.33. The van der Waals surface area contributed by atoms with Gasteiger partial charge in [-0.3, -0.25) is 0 Å². The SMILES string of the molecule is Cc1cccc(CSC[C@H]2COC(c3cccn3Cc3c(C)cc(C)cc3C)=N2)c1. The summed E-state index contributed by atoms with van der Waals surface area (Å²) in [6.45, 7) is 10.2. The Kier molecular flexibility index (Phi) is 6.33. The van der Waals surface area contributed by atoms with E-state index in [1.165, 1.54) is 33.4 Å². The van der Waals surface area contributed by atoms with Crippen LogP contribution in [0.25, 0.3) is 0 Å². The van der Waals surface area contributed by atoms with E-state index in [1.54, 1.807) is 0 Å². The average molecular weight is 419 g/mol. The number of aliphatic imine (C=N–C) groups is 1. The Balaban J connectivity index is 1.41. The molecule has 1 aromatic heterocycles. The quantitative estimate of drug-likeness (QED) is 0.481. The molecular formula is C26H30N2OS. The summed E-state index contributed by atoms with van der Waals surface area (Å²) in [5, 5.41) is 0. The second kappa shape index (κ2) is 9.13. The Hall–Kier alpha value is -2.46. The lowest BCUT2D eigenvalue weighted by atomic mass is 10.00. The second-order valence-electron chi connectivity index (χ2n) is 8.30. The number of aromatic nitrogens is 1. The van der Waals surface area contributed by atoms with Crippen LogP contribution in [0.3, 0.4) is 0 Å². The zero-order chi connectivity index (χ0) is 21.1. The van der Waals surface area contributed by atoms with E-state index in [9.17, 15) is 0 Å². The van der Waals surface area contributed by atoms with Crippen molar-refractivity contribution in [3.63, 3.8) is 0 Å². The van der Waals surface area contributed by atoms with Crippen molar-refractivity contribution in [2.45, 2.75) is 46.0 Å². The van der Waals surface area contributed by atoms with E-state index in [0.717, 1.165) is 29.6 Å². The molecule has 0 unspecified atom stereocenters. The number of hydrogen-bond acceptors (Lipinski definition) is 3. The van der Waals surface area contributed by atoms with Crippen LogP contribution in [0.1, 0.15) is 39.1 Å². The topological polar surface area (TPSA) is 26.5 Å². The zero-order valence-corrected chi connectivity index (χ0v) is 19.1. The van der Waals surface area contributed by atoms with Gasteiger partial charge in [-0.15, -0.1) is 0 Å². The Morgan fingerprint density at radius 2 is 1.80 bits per heavy atom. The molecule has 0 aliphatic carbocycles. The molecule has 0 N–H and O–H groups in total. The van der Waals surface area contributed by atoms with Crippen LogP contribution in [0.15, 0.2) is 59.7 Å². The normalized spacial score (nSPS) is 15.9. The van der Waals surface area contributed by atoms with Gasteiger partial charge in [-0.05, 0) is 62.1 Å². The van der Waals surface area contributed by atoms with E-state index < -0.39 is 0 Å². The highest BCUT2D eigenvalue weighted by molar-refractivity contribution is 7.98. The first-order valence-electron chi connectivity index (χ1n) is 10.6. The molecule has 2 aromatic carbocycles. The van der Waals surface area contributed by atoms with Crippen LogP contribution in [0.2, 0.25) is 0 Å². The third-order valence-corrected chi connectivity index (χ3v) is 6.75. The number of aryl methyl sites for hydroxylation is 4. The van der Waals surface area contributed by atoms with Gasteiger partial charge in [-0.1, -0.05) is 47.5 Å². The summed E-state index contributed by atoms with van der Waals surface area (Å²) in [6, 6.07) is 17.7. The fraction of sp³-hybridized carbons (Fsp3) is 0.346. The molecule has 0 fully saturated rings. The lowest BCUT2D eigenvalue weighted by molar-refractivity contribution is 0.323. The summed E-state index contributed by atoms with van der Waals surface area (Å²) in [5.74, 6) is 2.78. The first-order valence-corrected chi connectivity index (χ1v) is 11.7. The maximum Gasteiger partial charge on any atom is 0.233 e. The highest BCUT2D eigenvalue weighted by Gasteiger charge is 2.22. The van der Waals surface area contributed by atoms with Crippen molar-refractivity contribution in [3.8, 4) is 0 Å². The molecule has 0 radical (unpaired) electrons. The maximum absolute atomic E-state index is 6.01. The summed E-state index contributed by atoms with van der Waals surface area (Å²) in [6.07, 6.45) is 2.12. The average Bonchev–Trinajstić information content (AvgIpc) is 3.34. The van der Waals surface area contributed by atoms with E-state index in [4.69, 9.17) is 9.73 Å². The number of ether oxygens (including phenoxy) is 1. The molecule has 30 heavy (non-hydrogen) atoms. The summed E-state index contributed by atoms with van der Waals surface area (Å²) < 4.78 is 8.26.